The highest BCUT2D eigenvalue weighted by Crippen LogP contribution is 2.05. The SMILES string of the molecule is OC(CNCc1ccccc1F)COCc1ccccc1. The number of halogens is 1. The van der Waals surface area contributed by atoms with Crippen LogP contribution in [0, 0.1) is 5.82 Å². The summed E-state index contributed by atoms with van der Waals surface area (Å²) in [7, 11) is 0. The van der Waals surface area contributed by atoms with Crippen molar-refractivity contribution in [2.24, 2.45) is 0 Å². The Morgan fingerprint density at radius 1 is 1.05 bits per heavy atom. The van der Waals surface area contributed by atoms with Gasteiger partial charge in [-0.05, 0) is 11.6 Å². The molecule has 0 aromatic heterocycles. The minimum absolute atomic E-state index is 0.236. The Hall–Kier alpha value is -1.75. The Labute approximate surface area is 124 Å². The Balaban J connectivity index is 1.62. The van der Waals surface area contributed by atoms with E-state index in [0.29, 0.717) is 25.3 Å². The second-order valence-corrected chi connectivity index (χ2v) is 4.88. The van der Waals surface area contributed by atoms with E-state index in [0.717, 1.165) is 5.56 Å². The lowest BCUT2D eigenvalue weighted by atomic mass is 10.2. The lowest BCUT2D eigenvalue weighted by Gasteiger charge is -2.12. The zero-order valence-electron chi connectivity index (χ0n) is 11.8. The van der Waals surface area contributed by atoms with E-state index in [-0.39, 0.29) is 12.4 Å². The van der Waals surface area contributed by atoms with Gasteiger partial charge in [-0.2, -0.15) is 0 Å². The van der Waals surface area contributed by atoms with Crippen molar-refractivity contribution in [3.8, 4) is 0 Å². The van der Waals surface area contributed by atoms with E-state index in [9.17, 15) is 9.50 Å². The van der Waals surface area contributed by atoms with Crippen molar-refractivity contribution in [3.63, 3.8) is 0 Å². The molecule has 3 nitrogen and oxygen atoms in total. The summed E-state index contributed by atoms with van der Waals surface area (Å²) < 4.78 is 18.8. The zero-order chi connectivity index (χ0) is 14.9. The second-order valence-electron chi connectivity index (χ2n) is 4.88. The molecule has 0 aliphatic heterocycles. The molecule has 0 spiro atoms. The Kier molecular flexibility index (Phi) is 6.34. The van der Waals surface area contributed by atoms with Crippen LogP contribution in [0.25, 0.3) is 0 Å². The van der Waals surface area contributed by atoms with Crippen molar-refractivity contribution in [2.45, 2.75) is 19.3 Å². The fourth-order valence-corrected chi connectivity index (χ4v) is 1.96. The third-order valence-corrected chi connectivity index (χ3v) is 3.08. The summed E-state index contributed by atoms with van der Waals surface area (Å²) in [5.41, 5.74) is 1.67. The number of aliphatic hydroxyl groups is 1. The molecule has 0 amide bonds. The summed E-state index contributed by atoms with van der Waals surface area (Å²) in [5, 5.41) is 12.8. The van der Waals surface area contributed by atoms with Gasteiger partial charge in [0.25, 0.3) is 0 Å². The Morgan fingerprint density at radius 2 is 1.76 bits per heavy atom. The number of nitrogens with one attached hydrogen (secondary N) is 1. The van der Waals surface area contributed by atoms with Crippen LogP contribution < -0.4 is 5.32 Å². The highest BCUT2D eigenvalue weighted by molar-refractivity contribution is 5.17. The van der Waals surface area contributed by atoms with Gasteiger partial charge >= 0.3 is 0 Å². The van der Waals surface area contributed by atoms with Crippen LogP contribution in [0.1, 0.15) is 11.1 Å². The van der Waals surface area contributed by atoms with Crippen molar-refractivity contribution in [1.29, 1.82) is 0 Å². The van der Waals surface area contributed by atoms with E-state index in [1.807, 2.05) is 30.3 Å². The molecule has 1 atom stereocenters. The number of aliphatic hydroxyl groups excluding tert-OH is 1. The maximum atomic E-state index is 13.4. The lowest BCUT2D eigenvalue weighted by molar-refractivity contribution is 0.0287. The van der Waals surface area contributed by atoms with Crippen molar-refractivity contribution in [2.75, 3.05) is 13.2 Å². The Morgan fingerprint density at radius 3 is 2.52 bits per heavy atom. The molecule has 0 saturated heterocycles. The standard InChI is InChI=1S/C17H20FNO2/c18-17-9-5-4-8-15(17)10-19-11-16(20)13-21-12-14-6-2-1-3-7-14/h1-9,16,19-20H,10-13H2. The average Bonchev–Trinajstić information content (AvgIpc) is 2.50. The molecular formula is C17H20FNO2. The van der Waals surface area contributed by atoms with Crippen LogP contribution in [-0.2, 0) is 17.9 Å². The quantitative estimate of drug-likeness (QED) is 0.784. The molecule has 2 N–H and O–H groups in total. The summed E-state index contributed by atoms with van der Waals surface area (Å²) in [6.07, 6.45) is -0.611. The van der Waals surface area contributed by atoms with E-state index in [2.05, 4.69) is 5.32 Å². The molecule has 0 heterocycles. The average molecular weight is 289 g/mol. The molecule has 2 aromatic carbocycles. The van der Waals surface area contributed by atoms with Crippen molar-refractivity contribution < 1.29 is 14.2 Å². The van der Waals surface area contributed by atoms with Gasteiger partial charge in [-0.1, -0.05) is 48.5 Å². The van der Waals surface area contributed by atoms with Crippen molar-refractivity contribution in [3.05, 3.63) is 71.5 Å². The predicted molar refractivity (Wildman–Crippen MR) is 80.2 cm³/mol. The predicted octanol–water partition coefficient (Wildman–Crippen LogP) is 2.49. The molecule has 2 aromatic rings. The first-order valence-electron chi connectivity index (χ1n) is 6.99. The molecular weight excluding hydrogens is 269 g/mol. The number of ether oxygens (including phenoxy) is 1. The van der Waals surface area contributed by atoms with Gasteiger partial charge in [-0.15, -0.1) is 0 Å². The van der Waals surface area contributed by atoms with Crippen molar-refractivity contribution in [1.82, 2.24) is 5.32 Å². The second kappa shape index (κ2) is 8.52. The van der Waals surface area contributed by atoms with Gasteiger partial charge < -0.3 is 15.2 Å². The van der Waals surface area contributed by atoms with Gasteiger partial charge in [0, 0.05) is 18.7 Å². The highest BCUT2D eigenvalue weighted by atomic mass is 19.1. The molecule has 4 heteroatoms. The van der Waals surface area contributed by atoms with Crippen LogP contribution >= 0.6 is 0 Å². The maximum Gasteiger partial charge on any atom is 0.127 e. The number of hydrogen-bond acceptors (Lipinski definition) is 3. The van der Waals surface area contributed by atoms with E-state index < -0.39 is 6.10 Å². The van der Waals surface area contributed by atoms with Gasteiger partial charge in [-0.25, -0.2) is 4.39 Å². The van der Waals surface area contributed by atoms with Gasteiger partial charge in [0.15, 0.2) is 0 Å². The van der Waals surface area contributed by atoms with Gasteiger partial charge in [0.2, 0.25) is 0 Å². The summed E-state index contributed by atoms with van der Waals surface area (Å²) in [6.45, 7) is 1.48. The van der Waals surface area contributed by atoms with Crippen LogP contribution in [0.5, 0.6) is 0 Å². The van der Waals surface area contributed by atoms with Crippen LogP contribution in [-0.4, -0.2) is 24.4 Å². The molecule has 1 unspecified atom stereocenters. The molecule has 21 heavy (non-hydrogen) atoms. The lowest BCUT2D eigenvalue weighted by Crippen LogP contribution is -2.30. The third kappa shape index (κ3) is 5.63. The van der Waals surface area contributed by atoms with E-state index in [4.69, 9.17) is 4.74 Å². The first kappa shape index (κ1) is 15.6. The van der Waals surface area contributed by atoms with Gasteiger partial charge in [0.1, 0.15) is 5.82 Å². The normalized spacial score (nSPS) is 12.3. The Bertz CT molecular complexity index is 533. The van der Waals surface area contributed by atoms with E-state index in [1.54, 1.807) is 18.2 Å². The summed E-state index contributed by atoms with van der Waals surface area (Å²) in [5.74, 6) is -0.236. The van der Waals surface area contributed by atoms with Gasteiger partial charge in [0.05, 0.1) is 19.3 Å². The number of benzene rings is 2. The molecule has 0 fully saturated rings. The first-order chi connectivity index (χ1) is 10.3. The minimum atomic E-state index is -0.611. The molecule has 0 saturated carbocycles. The van der Waals surface area contributed by atoms with Gasteiger partial charge in [-0.3, -0.25) is 0 Å². The van der Waals surface area contributed by atoms with E-state index in [1.165, 1.54) is 6.07 Å². The number of rotatable bonds is 8. The molecule has 0 bridgehead atoms. The number of hydrogen-bond donors (Lipinski definition) is 2. The fraction of sp³-hybridized carbons (Fsp3) is 0.294. The first-order valence-corrected chi connectivity index (χ1v) is 6.99. The molecule has 0 radical (unpaired) electrons. The molecule has 112 valence electrons. The summed E-state index contributed by atoms with van der Waals surface area (Å²) >= 11 is 0. The third-order valence-electron chi connectivity index (χ3n) is 3.08. The van der Waals surface area contributed by atoms with Crippen LogP contribution in [0.2, 0.25) is 0 Å². The smallest absolute Gasteiger partial charge is 0.127 e. The van der Waals surface area contributed by atoms with Crippen LogP contribution in [0.3, 0.4) is 0 Å². The van der Waals surface area contributed by atoms with Crippen LogP contribution in [0.15, 0.2) is 54.6 Å². The summed E-state index contributed by atoms with van der Waals surface area (Å²) in [4.78, 5) is 0. The molecule has 0 aliphatic rings. The van der Waals surface area contributed by atoms with Crippen LogP contribution in [0.4, 0.5) is 4.39 Å². The molecule has 0 aliphatic carbocycles. The van der Waals surface area contributed by atoms with Crippen molar-refractivity contribution >= 4 is 0 Å². The maximum absolute atomic E-state index is 13.4. The fourth-order valence-electron chi connectivity index (χ4n) is 1.96. The summed E-state index contributed by atoms with van der Waals surface area (Å²) in [6, 6.07) is 16.4. The minimum Gasteiger partial charge on any atom is -0.389 e. The topological polar surface area (TPSA) is 41.5 Å². The van der Waals surface area contributed by atoms with E-state index >= 15 is 0 Å². The highest BCUT2D eigenvalue weighted by Gasteiger charge is 2.05. The molecule has 2 rings (SSSR count). The monoisotopic (exact) mass is 289 g/mol. The largest absolute Gasteiger partial charge is 0.389 e. The zero-order valence-corrected chi connectivity index (χ0v) is 11.8.